The lowest BCUT2D eigenvalue weighted by molar-refractivity contribution is -0.119. The zero-order chi connectivity index (χ0) is 20.3. The molecule has 2 aliphatic carbocycles. The van der Waals surface area contributed by atoms with Crippen molar-refractivity contribution in [2.24, 2.45) is 0 Å². The van der Waals surface area contributed by atoms with Crippen molar-refractivity contribution in [3.05, 3.63) is 35.1 Å². The van der Waals surface area contributed by atoms with Crippen molar-refractivity contribution < 1.29 is 9.53 Å². The van der Waals surface area contributed by atoms with Crippen molar-refractivity contribution in [3.8, 4) is 11.8 Å². The number of ether oxygens (including phenoxy) is 1. The second-order valence-electron chi connectivity index (χ2n) is 7.46. The first-order valence-electron chi connectivity index (χ1n) is 9.76. The largest absolute Gasteiger partial charge is 0.484 e. The number of halogens is 1. The van der Waals surface area contributed by atoms with Crippen molar-refractivity contribution in [2.75, 3.05) is 5.75 Å². The number of nitrogens with zero attached hydrogens (tertiary/aromatic N) is 4. The van der Waals surface area contributed by atoms with Gasteiger partial charge in [-0.3, -0.25) is 9.36 Å². The molecular weight excluding hydrogens is 410 g/mol. The van der Waals surface area contributed by atoms with Crippen LogP contribution in [0, 0.1) is 11.3 Å². The highest BCUT2D eigenvalue weighted by Gasteiger charge is 2.35. The fraction of sp³-hybridized carbons (Fsp3) is 0.500. The Labute approximate surface area is 178 Å². The summed E-state index contributed by atoms with van der Waals surface area (Å²) < 4.78 is 7.88. The SMILES string of the molecule is N#CC1(NC(=O)CSc2nnc(COc3ccccc3Cl)n2C2CC2)CCCC1. The van der Waals surface area contributed by atoms with Crippen molar-refractivity contribution in [2.45, 2.75) is 61.9 Å². The zero-order valence-electron chi connectivity index (χ0n) is 15.9. The molecule has 4 rings (SSSR count). The molecule has 0 saturated heterocycles. The van der Waals surface area contributed by atoms with Crippen LogP contribution in [0.1, 0.15) is 50.4 Å². The monoisotopic (exact) mass is 431 g/mol. The molecule has 1 aromatic heterocycles. The number of hydrogen-bond donors (Lipinski definition) is 1. The van der Waals surface area contributed by atoms with E-state index in [1.54, 1.807) is 6.07 Å². The van der Waals surface area contributed by atoms with Crippen LogP contribution < -0.4 is 10.1 Å². The number of carbonyl (C=O) groups excluding carboxylic acids is 1. The van der Waals surface area contributed by atoms with E-state index < -0.39 is 5.54 Å². The van der Waals surface area contributed by atoms with Gasteiger partial charge in [-0.05, 0) is 50.7 Å². The summed E-state index contributed by atoms with van der Waals surface area (Å²) in [6, 6.07) is 9.94. The quantitative estimate of drug-likeness (QED) is 0.637. The molecule has 7 nitrogen and oxygen atoms in total. The Morgan fingerprint density at radius 2 is 2.10 bits per heavy atom. The first kappa shape index (κ1) is 20.0. The van der Waals surface area contributed by atoms with E-state index in [4.69, 9.17) is 16.3 Å². The summed E-state index contributed by atoms with van der Waals surface area (Å²) in [5, 5.41) is 22.2. The van der Waals surface area contributed by atoms with Gasteiger partial charge in [-0.25, -0.2) is 0 Å². The van der Waals surface area contributed by atoms with Crippen LogP contribution in [0.25, 0.3) is 0 Å². The van der Waals surface area contributed by atoms with Crippen molar-refractivity contribution >= 4 is 29.3 Å². The van der Waals surface area contributed by atoms with Gasteiger partial charge in [0, 0.05) is 6.04 Å². The Kier molecular flexibility index (Phi) is 5.97. The van der Waals surface area contributed by atoms with Gasteiger partial charge >= 0.3 is 0 Å². The molecule has 0 unspecified atom stereocenters. The first-order chi connectivity index (χ1) is 14.1. The van der Waals surface area contributed by atoms with E-state index in [9.17, 15) is 10.1 Å². The van der Waals surface area contributed by atoms with Gasteiger partial charge in [0.2, 0.25) is 5.91 Å². The van der Waals surface area contributed by atoms with Gasteiger partial charge in [0.05, 0.1) is 16.8 Å². The number of amides is 1. The van der Waals surface area contributed by atoms with Crippen LogP contribution in [-0.2, 0) is 11.4 Å². The lowest BCUT2D eigenvalue weighted by Gasteiger charge is -2.21. The standard InChI is InChI=1S/C20H22ClN5O2S/c21-15-5-1-2-6-16(15)28-11-17-24-25-19(26(17)14-7-8-14)29-12-18(27)23-20(13-22)9-3-4-10-20/h1-2,5-6,14H,3-4,7-12H2,(H,23,27). The third kappa shape index (κ3) is 4.68. The van der Waals surface area contributed by atoms with Crippen LogP contribution in [0.5, 0.6) is 5.75 Å². The summed E-state index contributed by atoms with van der Waals surface area (Å²) in [6.07, 6.45) is 5.53. The number of nitrogens with one attached hydrogen (secondary N) is 1. The molecule has 1 heterocycles. The lowest BCUT2D eigenvalue weighted by atomic mass is 10.0. The van der Waals surface area contributed by atoms with Crippen LogP contribution in [0.3, 0.4) is 0 Å². The van der Waals surface area contributed by atoms with Crippen LogP contribution in [0.4, 0.5) is 0 Å². The molecule has 2 aliphatic rings. The molecule has 152 valence electrons. The van der Waals surface area contributed by atoms with Gasteiger partial charge in [-0.15, -0.1) is 10.2 Å². The number of thioether (sulfide) groups is 1. The van der Waals surface area contributed by atoms with E-state index in [2.05, 4.69) is 26.2 Å². The Morgan fingerprint density at radius 3 is 2.79 bits per heavy atom. The van der Waals surface area contributed by atoms with Crippen LogP contribution in [0.15, 0.2) is 29.4 Å². The lowest BCUT2D eigenvalue weighted by Crippen LogP contribution is -2.45. The molecule has 2 saturated carbocycles. The Balaban J connectivity index is 1.39. The fourth-order valence-electron chi connectivity index (χ4n) is 3.58. The van der Waals surface area contributed by atoms with Gasteiger partial charge in [0.25, 0.3) is 0 Å². The van der Waals surface area contributed by atoms with E-state index in [1.165, 1.54) is 11.8 Å². The van der Waals surface area contributed by atoms with Gasteiger partial charge < -0.3 is 10.1 Å². The van der Waals surface area contributed by atoms with Crippen LogP contribution in [0.2, 0.25) is 5.02 Å². The Hall–Kier alpha value is -2.24. The molecule has 0 atom stereocenters. The average molecular weight is 432 g/mol. The van der Waals surface area contributed by atoms with Gasteiger partial charge in [-0.1, -0.05) is 35.5 Å². The van der Waals surface area contributed by atoms with E-state index in [0.29, 0.717) is 22.0 Å². The Morgan fingerprint density at radius 1 is 1.34 bits per heavy atom. The number of hydrogen-bond acceptors (Lipinski definition) is 6. The molecule has 0 spiro atoms. The second-order valence-corrected chi connectivity index (χ2v) is 8.81. The van der Waals surface area contributed by atoms with Gasteiger partial charge in [0.1, 0.15) is 17.9 Å². The molecule has 0 bridgehead atoms. The smallest absolute Gasteiger partial charge is 0.231 e. The molecule has 9 heteroatoms. The summed E-state index contributed by atoms with van der Waals surface area (Å²) in [4.78, 5) is 12.4. The summed E-state index contributed by atoms with van der Waals surface area (Å²) in [6.45, 7) is 0.261. The van der Waals surface area contributed by atoms with E-state index >= 15 is 0 Å². The number of benzene rings is 1. The molecule has 2 aromatic rings. The maximum Gasteiger partial charge on any atom is 0.231 e. The average Bonchev–Trinajstić information content (AvgIpc) is 3.31. The molecule has 1 aromatic carbocycles. The minimum Gasteiger partial charge on any atom is -0.484 e. The van der Waals surface area contributed by atoms with Crippen molar-refractivity contribution in [3.63, 3.8) is 0 Å². The second kappa shape index (κ2) is 8.64. The van der Waals surface area contributed by atoms with E-state index in [0.717, 1.165) is 44.3 Å². The predicted octanol–water partition coefficient (Wildman–Crippen LogP) is 3.89. The number of aromatic nitrogens is 3. The number of nitriles is 1. The third-order valence-electron chi connectivity index (χ3n) is 5.22. The highest BCUT2D eigenvalue weighted by atomic mass is 35.5. The molecule has 0 aliphatic heterocycles. The highest BCUT2D eigenvalue weighted by Crippen LogP contribution is 2.39. The predicted molar refractivity (Wildman–Crippen MR) is 110 cm³/mol. The maximum atomic E-state index is 12.4. The van der Waals surface area contributed by atoms with Crippen molar-refractivity contribution in [1.29, 1.82) is 5.26 Å². The molecule has 2 fully saturated rings. The topological polar surface area (TPSA) is 92.8 Å². The highest BCUT2D eigenvalue weighted by molar-refractivity contribution is 7.99. The van der Waals surface area contributed by atoms with E-state index in [-0.39, 0.29) is 18.3 Å². The Bertz CT molecular complexity index is 931. The molecule has 1 N–H and O–H groups in total. The summed E-state index contributed by atoms with van der Waals surface area (Å²) in [5.74, 6) is 1.39. The summed E-state index contributed by atoms with van der Waals surface area (Å²) in [7, 11) is 0. The number of carbonyl (C=O) groups is 1. The minimum atomic E-state index is -0.699. The van der Waals surface area contributed by atoms with Gasteiger partial charge in [0.15, 0.2) is 11.0 Å². The third-order valence-corrected chi connectivity index (χ3v) is 6.48. The molecule has 0 radical (unpaired) electrons. The summed E-state index contributed by atoms with van der Waals surface area (Å²) >= 11 is 7.50. The maximum absolute atomic E-state index is 12.4. The number of rotatable bonds is 8. The van der Waals surface area contributed by atoms with Crippen molar-refractivity contribution in [1.82, 2.24) is 20.1 Å². The zero-order valence-corrected chi connectivity index (χ0v) is 17.5. The van der Waals surface area contributed by atoms with Gasteiger partial charge in [-0.2, -0.15) is 5.26 Å². The summed E-state index contributed by atoms with van der Waals surface area (Å²) in [5.41, 5.74) is -0.699. The normalized spacial score (nSPS) is 17.7. The van der Waals surface area contributed by atoms with Crippen LogP contribution in [-0.4, -0.2) is 32.0 Å². The fourth-order valence-corrected chi connectivity index (χ4v) is 4.60. The minimum absolute atomic E-state index is 0.141. The first-order valence-corrected chi connectivity index (χ1v) is 11.1. The molecular formula is C20H22ClN5O2S. The van der Waals surface area contributed by atoms with Crippen LogP contribution >= 0.6 is 23.4 Å². The number of para-hydroxylation sites is 1. The molecule has 1 amide bonds. The molecule has 29 heavy (non-hydrogen) atoms. The van der Waals surface area contributed by atoms with E-state index in [1.807, 2.05) is 18.2 Å².